The second-order valence-corrected chi connectivity index (χ2v) is 8.18. The van der Waals surface area contributed by atoms with Crippen LogP contribution in [0.5, 0.6) is 0 Å². The smallest absolute Gasteiger partial charge is 0.157 e. The van der Waals surface area contributed by atoms with Crippen LogP contribution in [0.3, 0.4) is 0 Å². The van der Waals surface area contributed by atoms with Gasteiger partial charge in [0.2, 0.25) is 0 Å². The van der Waals surface area contributed by atoms with Crippen LogP contribution in [0.2, 0.25) is 4.34 Å². The summed E-state index contributed by atoms with van der Waals surface area (Å²) >= 11 is 11.1. The van der Waals surface area contributed by atoms with E-state index in [9.17, 15) is 0 Å². The zero-order chi connectivity index (χ0) is 14.2. The Morgan fingerprint density at radius 3 is 2.85 bits per heavy atom. The third kappa shape index (κ3) is 6.02. The van der Waals surface area contributed by atoms with E-state index in [1.54, 1.807) is 11.3 Å². The average molecular weight is 382 g/mol. The quantitative estimate of drug-likeness (QED) is 0.529. The van der Waals surface area contributed by atoms with Gasteiger partial charge in [-0.15, -0.1) is 11.3 Å². The predicted molar refractivity (Wildman–Crippen MR) is 88.7 cm³/mol. The lowest BCUT2D eigenvalue weighted by atomic mass is 10.1. The molecule has 1 aliphatic heterocycles. The third-order valence-electron chi connectivity index (χ3n) is 3.51. The van der Waals surface area contributed by atoms with Gasteiger partial charge in [0.1, 0.15) is 0 Å². The van der Waals surface area contributed by atoms with Gasteiger partial charge < -0.3 is 9.47 Å². The number of halogens is 2. The van der Waals surface area contributed by atoms with Crippen LogP contribution in [0.25, 0.3) is 0 Å². The van der Waals surface area contributed by atoms with Gasteiger partial charge in [0.05, 0.1) is 8.12 Å². The highest BCUT2D eigenvalue weighted by Crippen LogP contribution is 2.32. The number of hydrogen-bond acceptors (Lipinski definition) is 3. The Bertz CT molecular complexity index is 391. The van der Waals surface area contributed by atoms with Crippen molar-refractivity contribution in [2.45, 2.75) is 57.7 Å². The molecule has 1 fully saturated rings. The van der Waals surface area contributed by atoms with E-state index in [2.05, 4.69) is 22.0 Å². The normalized spacial score (nSPS) is 19.4. The molecule has 1 unspecified atom stereocenters. The summed E-state index contributed by atoms with van der Waals surface area (Å²) in [5, 5.41) is 0. The Hall–Kier alpha value is 0.390. The first-order valence-electron chi connectivity index (χ1n) is 7.42. The Kier molecular flexibility index (Phi) is 7.89. The van der Waals surface area contributed by atoms with E-state index in [0.29, 0.717) is 0 Å². The second-order valence-electron chi connectivity index (χ2n) is 5.18. The van der Waals surface area contributed by atoms with Gasteiger partial charge in [0.25, 0.3) is 0 Å². The van der Waals surface area contributed by atoms with Crippen LogP contribution in [0, 0.1) is 0 Å². The first-order valence-corrected chi connectivity index (χ1v) is 9.41. The van der Waals surface area contributed by atoms with Crippen LogP contribution in [0.1, 0.15) is 50.5 Å². The van der Waals surface area contributed by atoms with Gasteiger partial charge in [-0.1, -0.05) is 24.4 Å². The zero-order valence-electron chi connectivity index (χ0n) is 11.7. The molecular weight excluding hydrogens is 360 g/mol. The van der Waals surface area contributed by atoms with Crippen LogP contribution in [-0.2, 0) is 15.9 Å². The molecule has 0 amide bonds. The lowest BCUT2D eigenvalue weighted by molar-refractivity contribution is -0.162. The van der Waals surface area contributed by atoms with Crippen molar-refractivity contribution in [1.29, 1.82) is 0 Å². The van der Waals surface area contributed by atoms with Gasteiger partial charge >= 0.3 is 0 Å². The van der Waals surface area contributed by atoms with E-state index < -0.39 is 0 Å². The minimum Gasteiger partial charge on any atom is -0.353 e. The summed E-state index contributed by atoms with van der Waals surface area (Å²) in [6.45, 7) is 1.70. The molecule has 1 aromatic rings. The maximum Gasteiger partial charge on any atom is 0.157 e. The zero-order valence-corrected chi connectivity index (χ0v) is 14.9. The lowest BCUT2D eigenvalue weighted by Gasteiger charge is -2.22. The standard InChI is InChI=1S/C15H22BrClO2S/c16-15-12(11-13(17)20-15)7-3-1-2-5-9-18-14-8-4-6-10-19-14/h11,14H,1-10H2. The van der Waals surface area contributed by atoms with Crippen LogP contribution in [-0.4, -0.2) is 19.5 Å². The highest BCUT2D eigenvalue weighted by atomic mass is 79.9. The molecule has 1 aliphatic rings. The fourth-order valence-corrected chi connectivity index (χ4v) is 4.52. The number of thiophene rings is 1. The van der Waals surface area contributed by atoms with Crippen molar-refractivity contribution in [3.05, 3.63) is 19.8 Å². The van der Waals surface area contributed by atoms with Crippen molar-refractivity contribution >= 4 is 38.9 Å². The molecule has 0 radical (unpaired) electrons. The SMILES string of the molecule is Clc1cc(CCCCCCOC2CCCCO2)c(Br)s1. The largest absolute Gasteiger partial charge is 0.353 e. The monoisotopic (exact) mass is 380 g/mol. The van der Waals surface area contributed by atoms with E-state index >= 15 is 0 Å². The Balaban J connectivity index is 1.46. The second kappa shape index (κ2) is 9.42. The predicted octanol–water partition coefficient (Wildman–Crippen LogP) is 5.81. The molecule has 0 spiro atoms. The highest BCUT2D eigenvalue weighted by molar-refractivity contribution is 9.11. The molecule has 114 valence electrons. The summed E-state index contributed by atoms with van der Waals surface area (Å²) < 4.78 is 13.3. The van der Waals surface area contributed by atoms with Crippen LogP contribution in [0.15, 0.2) is 9.85 Å². The van der Waals surface area contributed by atoms with Crippen molar-refractivity contribution in [1.82, 2.24) is 0 Å². The molecule has 0 aromatic carbocycles. The molecule has 2 heterocycles. The fourth-order valence-electron chi connectivity index (χ4n) is 2.37. The van der Waals surface area contributed by atoms with Gasteiger partial charge in [-0.2, -0.15) is 0 Å². The summed E-state index contributed by atoms with van der Waals surface area (Å²) in [6.07, 6.45) is 9.47. The van der Waals surface area contributed by atoms with Gasteiger partial charge in [-0.05, 0) is 66.1 Å². The molecule has 2 nitrogen and oxygen atoms in total. The third-order valence-corrected chi connectivity index (χ3v) is 5.60. The molecule has 5 heteroatoms. The summed E-state index contributed by atoms with van der Waals surface area (Å²) in [7, 11) is 0. The molecule has 0 saturated carbocycles. The van der Waals surface area contributed by atoms with Crippen molar-refractivity contribution in [3.63, 3.8) is 0 Å². The molecule has 1 aromatic heterocycles. The molecule has 0 aliphatic carbocycles. The summed E-state index contributed by atoms with van der Waals surface area (Å²) in [5.41, 5.74) is 1.34. The van der Waals surface area contributed by atoms with Crippen LogP contribution < -0.4 is 0 Å². The number of ether oxygens (including phenoxy) is 2. The minimum atomic E-state index is 0.0626. The number of rotatable bonds is 8. The number of unbranched alkanes of at least 4 members (excludes halogenated alkanes) is 3. The topological polar surface area (TPSA) is 18.5 Å². The molecule has 20 heavy (non-hydrogen) atoms. The first kappa shape index (κ1) is 16.8. The fraction of sp³-hybridized carbons (Fsp3) is 0.733. The summed E-state index contributed by atoms with van der Waals surface area (Å²) in [6, 6.07) is 2.07. The summed E-state index contributed by atoms with van der Waals surface area (Å²) in [5.74, 6) is 0. The van der Waals surface area contributed by atoms with Crippen LogP contribution in [0.4, 0.5) is 0 Å². The molecule has 1 saturated heterocycles. The van der Waals surface area contributed by atoms with E-state index in [-0.39, 0.29) is 6.29 Å². The van der Waals surface area contributed by atoms with E-state index in [4.69, 9.17) is 21.1 Å². The Morgan fingerprint density at radius 2 is 2.15 bits per heavy atom. The van der Waals surface area contributed by atoms with Gasteiger partial charge in [-0.25, -0.2) is 0 Å². The Morgan fingerprint density at radius 1 is 1.30 bits per heavy atom. The molecule has 0 N–H and O–H groups in total. The Labute approximate surface area is 138 Å². The summed E-state index contributed by atoms with van der Waals surface area (Å²) in [4.78, 5) is 0. The number of hydrogen-bond donors (Lipinski definition) is 0. The van der Waals surface area contributed by atoms with Gasteiger partial charge in [0, 0.05) is 13.2 Å². The van der Waals surface area contributed by atoms with E-state index in [0.717, 1.165) is 36.8 Å². The molecular formula is C15H22BrClO2S. The molecule has 0 bridgehead atoms. The minimum absolute atomic E-state index is 0.0626. The van der Waals surface area contributed by atoms with Crippen molar-refractivity contribution in [2.75, 3.05) is 13.2 Å². The van der Waals surface area contributed by atoms with Crippen molar-refractivity contribution < 1.29 is 9.47 Å². The van der Waals surface area contributed by atoms with E-state index in [1.807, 2.05) is 0 Å². The van der Waals surface area contributed by atoms with Gasteiger partial charge in [0.15, 0.2) is 6.29 Å². The maximum absolute atomic E-state index is 5.98. The van der Waals surface area contributed by atoms with Gasteiger partial charge in [-0.3, -0.25) is 0 Å². The van der Waals surface area contributed by atoms with Crippen molar-refractivity contribution in [3.8, 4) is 0 Å². The molecule has 2 rings (SSSR count). The highest BCUT2D eigenvalue weighted by Gasteiger charge is 2.13. The number of aryl methyl sites for hydroxylation is 1. The first-order chi connectivity index (χ1) is 9.75. The maximum atomic E-state index is 5.98. The van der Waals surface area contributed by atoms with Crippen LogP contribution >= 0.6 is 38.9 Å². The molecule has 1 atom stereocenters. The van der Waals surface area contributed by atoms with E-state index in [1.165, 1.54) is 41.5 Å². The van der Waals surface area contributed by atoms with Crippen molar-refractivity contribution in [2.24, 2.45) is 0 Å². The average Bonchev–Trinajstić information content (AvgIpc) is 2.77. The lowest BCUT2D eigenvalue weighted by Crippen LogP contribution is -2.22.